The third-order valence-corrected chi connectivity index (χ3v) is 6.31. The van der Waals surface area contributed by atoms with Crippen LogP contribution in [0.5, 0.6) is 5.75 Å². The minimum Gasteiger partial charge on any atom is -0.496 e. The fraction of sp³-hybridized carbons (Fsp3) is 0.333. The number of aryl methyl sites for hydroxylation is 1. The number of benzene rings is 1. The first-order valence-electron chi connectivity index (χ1n) is 6.77. The van der Waals surface area contributed by atoms with E-state index >= 15 is 0 Å². The lowest BCUT2D eigenvalue weighted by molar-refractivity contribution is 0.409. The molecule has 6 heteroatoms. The number of thiophene rings is 1. The van der Waals surface area contributed by atoms with Crippen LogP contribution >= 0.6 is 11.3 Å². The average molecular weight is 325 g/mol. The lowest BCUT2D eigenvalue weighted by Crippen LogP contribution is -2.25. The number of ether oxygens (including phenoxy) is 1. The van der Waals surface area contributed by atoms with Crippen LogP contribution in [0, 0.1) is 0 Å². The maximum atomic E-state index is 12.2. The van der Waals surface area contributed by atoms with E-state index in [-0.39, 0.29) is 0 Å². The summed E-state index contributed by atoms with van der Waals surface area (Å²) in [7, 11) is -1.80. The summed E-state index contributed by atoms with van der Waals surface area (Å²) >= 11 is 1.32. The molecule has 0 aliphatic rings. The number of methoxy groups -OCH3 is 1. The van der Waals surface area contributed by atoms with Crippen molar-refractivity contribution in [3.05, 3.63) is 46.8 Å². The van der Waals surface area contributed by atoms with Crippen molar-refractivity contribution >= 4 is 21.4 Å². The van der Waals surface area contributed by atoms with E-state index in [9.17, 15) is 8.42 Å². The van der Waals surface area contributed by atoms with Crippen LogP contribution in [0.25, 0.3) is 0 Å². The van der Waals surface area contributed by atoms with E-state index in [0.29, 0.717) is 17.2 Å². The van der Waals surface area contributed by atoms with Gasteiger partial charge in [0.25, 0.3) is 0 Å². The van der Waals surface area contributed by atoms with E-state index in [1.54, 1.807) is 13.2 Å². The second-order valence-electron chi connectivity index (χ2n) is 4.53. The van der Waals surface area contributed by atoms with Crippen LogP contribution in [0.3, 0.4) is 0 Å². The Labute approximate surface area is 129 Å². The average Bonchev–Trinajstić information content (AvgIpc) is 2.97. The van der Waals surface area contributed by atoms with E-state index in [0.717, 1.165) is 22.6 Å². The summed E-state index contributed by atoms with van der Waals surface area (Å²) in [6.45, 7) is 2.36. The van der Waals surface area contributed by atoms with Gasteiger partial charge in [-0.25, -0.2) is 13.1 Å². The topological polar surface area (TPSA) is 55.4 Å². The molecule has 2 rings (SSSR count). The molecule has 0 bridgehead atoms. The fourth-order valence-electron chi connectivity index (χ4n) is 1.99. The van der Waals surface area contributed by atoms with Gasteiger partial charge in [0.15, 0.2) is 0 Å². The Hall–Kier alpha value is -1.37. The van der Waals surface area contributed by atoms with Gasteiger partial charge in [0.05, 0.1) is 7.11 Å². The molecular formula is C15H19NO3S2. The molecule has 1 N–H and O–H groups in total. The molecule has 0 radical (unpaired) electrons. The zero-order valence-corrected chi connectivity index (χ0v) is 13.8. The van der Waals surface area contributed by atoms with Gasteiger partial charge in [-0.15, -0.1) is 11.3 Å². The quantitative estimate of drug-likeness (QED) is 0.851. The van der Waals surface area contributed by atoms with Gasteiger partial charge in [0, 0.05) is 11.4 Å². The number of nitrogens with one attached hydrogen (secondary N) is 1. The normalized spacial score (nSPS) is 11.5. The van der Waals surface area contributed by atoms with Crippen LogP contribution in [0.4, 0.5) is 0 Å². The summed E-state index contributed by atoms with van der Waals surface area (Å²) in [6.07, 6.45) is 1.44. The van der Waals surface area contributed by atoms with Crippen molar-refractivity contribution in [1.82, 2.24) is 4.72 Å². The van der Waals surface area contributed by atoms with Gasteiger partial charge < -0.3 is 4.74 Å². The van der Waals surface area contributed by atoms with Crippen LogP contribution < -0.4 is 9.46 Å². The maximum absolute atomic E-state index is 12.2. The predicted octanol–water partition coefficient (Wildman–Crippen LogP) is 2.84. The predicted molar refractivity (Wildman–Crippen MR) is 85.6 cm³/mol. The summed E-state index contributed by atoms with van der Waals surface area (Å²) in [5.41, 5.74) is 0.989. The number of sulfonamides is 1. The Morgan fingerprint density at radius 3 is 2.62 bits per heavy atom. The van der Waals surface area contributed by atoms with Gasteiger partial charge >= 0.3 is 0 Å². The van der Waals surface area contributed by atoms with Gasteiger partial charge in [-0.05, 0) is 36.6 Å². The summed E-state index contributed by atoms with van der Waals surface area (Å²) in [6, 6.07) is 11.1. The first-order valence-corrected chi connectivity index (χ1v) is 9.07. The van der Waals surface area contributed by atoms with Crippen molar-refractivity contribution in [2.75, 3.05) is 13.7 Å². The number of hydrogen-bond donors (Lipinski definition) is 1. The molecule has 1 aromatic carbocycles. The molecule has 0 saturated carbocycles. The SMILES string of the molecule is CCc1ccc(S(=O)(=O)NCCc2ccccc2OC)s1. The minimum absolute atomic E-state index is 0.349. The molecule has 0 saturated heterocycles. The zero-order valence-electron chi connectivity index (χ0n) is 12.1. The third-order valence-electron chi connectivity index (χ3n) is 3.13. The molecule has 0 atom stereocenters. The molecule has 0 unspecified atom stereocenters. The largest absolute Gasteiger partial charge is 0.496 e. The number of para-hydroxylation sites is 1. The van der Waals surface area contributed by atoms with Crippen molar-refractivity contribution < 1.29 is 13.2 Å². The second-order valence-corrected chi connectivity index (χ2v) is 7.70. The molecule has 0 amide bonds. The van der Waals surface area contributed by atoms with E-state index in [4.69, 9.17) is 4.74 Å². The highest BCUT2D eigenvalue weighted by molar-refractivity contribution is 7.91. The van der Waals surface area contributed by atoms with Gasteiger partial charge in [-0.2, -0.15) is 0 Å². The van der Waals surface area contributed by atoms with Gasteiger partial charge in [0.2, 0.25) is 10.0 Å². The molecule has 2 aromatic rings. The maximum Gasteiger partial charge on any atom is 0.250 e. The second kappa shape index (κ2) is 7.06. The Kier molecular flexibility index (Phi) is 5.39. The van der Waals surface area contributed by atoms with Crippen molar-refractivity contribution in [3.8, 4) is 5.75 Å². The first-order chi connectivity index (χ1) is 10.1. The third kappa shape index (κ3) is 4.06. The Morgan fingerprint density at radius 1 is 1.19 bits per heavy atom. The van der Waals surface area contributed by atoms with Crippen LogP contribution in [0.1, 0.15) is 17.4 Å². The Bertz CT molecular complexity index is 692. The van der Waals surface area contributed by atoms with Crippen molar-refractivity contribution in [3.63, 3.8) is 0 Å². The monoisotopic (exact) mass is 325 g/mol. The van der Waals surface area contributed by atoms with Gasteiger partial charge in [0.1, 0.15) is 9.96 Å². The van der Waals surface area contributed by atoms with Gasteiger partial charge in [-0.1, -0.05) is 25.1 Å². The van der Waals surface area contributed by atoms with E-state index in [1.807, 2.05) is 37.3 Å². The highest BCUT2D eigenvalue weighted by Crippen LogP contribution is 2.22. The molecule has 1 heterocycles. The molecule has 0 aliphatic carbocycles. The number of rotatable bonds is 7. The Morgan fingerprint density at radius 2 is 1.95 bits per heavy atom. The van der Waals surface area contributed by atoms with Crippen LogP contribution in [-0.2, 0) is 22.9 Å². The summed E-state index contributed by atoms with van der Waals surface area (Å²) in [5, 5.41) is 0. The molecule has 0 spiro atoms. The van der Waals surface area contributed by atoms with E-state index in [1.165, 1.54) is 11.3 Å². The van der Waals surface area contributed by atoms with Crippen LogP contribution in [0.2, 0.25) is 0 Å². The smallest absolute Gasteiger partial charge is 0.250 e. The summed E-state index contributed by atoms with van der Waals surface area (Å²) < 4.78 is 32.6. The number of hydrogen-bond acceptors (Lipinski definition) is 4. The molecule has 4 nitrogen and oxygen atoms in total. The molecule has 114 valence electrons. The minimum atomic E-state index is -3.41. The Balaban J connectivity index is 1.99. The first kappa shape index (κ1) is 16.0. The highest BCUT2D eigenvalue weighted by Gasteiger charge is 2.16. The molecule has 0 aliphatic heterocycles. The molecule has 1 aromatic heterocycles. The van der Waals surface area contributed by atoms with Crippen LogP contribution in [-0.4, -0.2) is 22.1 Å². The summed E-state index contributed by atoms with van der Waals surface area (Å²) in [5.74, 6) is 0.779. The standard InChI is InChI=1S/C15H19NO3S2/c1-3-13-8-9-15(20-13)21(17,18)16-11-10-12-6-4-5-7-14(12)19-2/h4-9,16H,3,10-11H2,1-2H3. The van der Waals surface area contributed by atoms with Crippen molar-refractivity contribution in [1.29, 1.82) is 0 Å². The summed E-state index contributed by atoms with van der Waals surface area (Å²) in [4.78, 5) is 1.07. The van der Waals surface area contributed by atoms with E-state index in [2.05, 4.69) is 4.72 Å². The van der Waals surface area contributed by atoms with Crippen molar-refractivity contribution in [2.45, 2.75) is 24.0 Å². The molecule has 0 fully saturated rings. The molecular weight excluding hydrogens is 306 g/mol. The van der Waals surface area contributed by atoms with Crippen molar-refractivity contribution in [2.24, 2.45) is 0 Å². The highest BCUT2D eigenvalue weighted by atomic mass is 32.2. The lowest BCUT2D eigenvalue weighted by atomic mass is 10.1. The molecule has 21 heavy (non-hydrogen) atoms. The zero-order chi connectivity index (χ0) is 15.3. The fourth-order valence-corrected chi connectivity index (χ4v) is 4.37. The van der Waals surface area contributed by atoms with E-state index < -0.39 is 10.0 Å². The van der Waals surface area contributed by atoms with Crippen LogP contribution in [0.15, 0.2) is 40.6 Å². The van der Waals surface area contributed by atoms with Gasteiger partial charge in [-0.3, -0.25) is 0 Å². The lowest BCUT2D eigenvalue weighted by Gasteiger charge is -2.08.